The van der Waals surface area contributed by atoms with Crippen LogP contribution in [0.3, 0.4) is 0 Å². The monoisotopic (exact) mass is 486 g/mol. The third kappa shape index (κ3) is 9.89. The van der Waals surface area contributed by atoms with E-state index in [9.17, 15) is 14.4 Å². The van der Waals surface area contributed by atoms with Crippen molar-refractivity contribution in [2.45, 2.75) is 131 Å². The molecule has 0 heterocycles. The number of hydrogen-bond donors (Lipinski definition) is 0. The van der Waals surface area contributed by atoms with E-state index in [0.717, 1.165) is 6.29 Å². The van der Waals surface area contributed by atoms with Crippen molar-refractivity contribution in [1.82, 2.24) is 0 Å². The normalized spacial score (nSPS) is 15.0. The van der Waals surface area contributed by atoms with Gasteiger partial charge < -0.3 is 18.7 Å². The van der Waals surface area contributed by atoms with Crippen molar-refractivity contribution in [2.24, 2.45) is 10.8 Å². The summed E-state index contributed by atoms with van der Waals surface area (Å²) in [5, 5.41) is 0. The van der Waals surface area contributed by atoms with Crippen LogP contribution in [-0.4, -0.2) is 45.4 Å². The molecule has 0 saturated carbocycles. The Morgan fingerprint density at radius 3 is 1.61 bits per heavy atom. The lowest BCUT2D eigenvalue weighted by atomic mass is 9.97. The molecular formula is C26H50O6Si. The highest BCUT2D eigenvalue weighted by atomic mass is 28.4. The quantitative estimate of drug-likeness (QED) is 0.169. The number of ether oxygens (including phenoxy) is 2. The first-order valence-electron chi connectivity index (χ1n) is 12.4. The molecule has 0 rings (SSSR count). The Morgan fingerprint density at radius 2 is 1.24 bits per heavy atom. The average Bonchev–Trinajstić information content (AvgIpc) is 2.65. The Morgan fingerprint density at radius 1 is 0.788 bits per heavy atom. The summed E-state index contributed by atoms with van der Waals surface area (Å²) in [6, 6.07) is 0. The van der Waals surface area contributed by atoms with E-state index in [1.54, 1.807) is 41.5 Å². The molecule has 1 unspecified atom stereocenters. The average molecular weight is 487 g/mol. The second kappa shape index (κ2) is 13.0. The largest absolute Gasteiger partial charge is 0.461 e. The standard InChI is InChI=1S/C26H50O6Si/c1-18(2)33(19(3)4,20(5)6)32-21(16-27)14-13-15-22(31-24(29)26(10,11)12)17-30-23(28)25(7,8)9/h16,18-22H,13-15,17H2,1-12H3/t21-,22?/m0/s1. The molecular weight excluding hydrogens is 436 g/mol. The number of carbonyl (C=O) groups excluding carboxylic acids is 3. The van der Waals surface area contributed by atoms with Crippen LogP contribution in [0.15, 0.2) is 0 Å². The molecule has 0 aliphatic heterocycles. The van der Waals surface area contributed by atoms with Gasteiger partial charge in [0.05, 0.1) is 10.8 Å². The topological polar surface area (TPSA) is 78.9 Å². The molecule has 0 amide bonds. The van der Waals surface area contributed by atoms with Gasteiger partial charge in [-0.2, -0.15) is 0 Å². The lowest BCUT2D eigenvalue weighted by Crippen LogP contribution is -2.50. The fraction of sp³-hybridized carbons (Fsp3) is 0.885. The van der Waals surface area contributed by atoms with Gasteiger partial charge in [0, 0.05) is 0 Å². The summed E-state index contributed by atoms with van der Waals surface area (Å²) >= 11 is 0. The van der Waals surface area contributed by atoms with Crippen molar-refractivity contribution in [3.05, 3.63) is 0 Å². The Bertz CT molecular complexity index is 606. The summed E-state index contributed by atoms with van der Waals surface area (Å²) in [6.45, 7) is 23.9. The highest BCUT2D eigenvalue weighted by Crippen LogP contribution is 2.43. The van der Waals surface area contributed by atoms with Gasteiger partial charge in [0.1, 0.15) is 25.1 Å². The summed E-state index contributed by atoms with van der Waals surface area (Å²) in [7, 11) is -2.18. The number of carbonyl (C=O) groups is 3. The zero-order chi connectivity index (χ0) is 26.2. The van der Waals surface area contributed by atoms with Crippen molar-refractivity contribution in [3.63, 3.8) is 0 Å². The van der Waals surface area contributed by atoms with Crippen LogP contribution in [0.25, 0.3) is 0 Å². The van der Waals surface area contributed by atoms with Gasteiger partial charge in [-0.05, 0) is 77.4 Å². The first kappa shape index (κ1) is 31.8. The molecule has 0 bridgehead atoms. The zero-order valence-corrected chi connectivity index (χ0v) is 24.2. The second-order valence-electron chi connectivity index (χ2n) is 12.2. The van der Waals surface area contributed by atoms with Gasteiger partial charge in [-0.25, -0.2) is 0 Å². The molecule has 0 aliphatic rings. The third-order valence-corrected chi connectivity index (χ3v) is 12.3. The lowest BCUT2D eigenvalue weighted by molar-refractivity contribution is -0.169. The van der Waals surface area contributed by atoms with E-state index in [-0.39, 0.29) is 18.5 Å². The van der Waals surface area contributed by atoms with Gasteiger partial charge in [0.15, 0.2) is 0 Å². The summed E-state index contributed by atoms with van der Waals surface area (Å²) < 4.78 is 17.7. The van der Waals surface area contributed by atoms with Crippen LogP contribution < -0.4 is 0 Å². The molecule has 0 spiro atoms. The number of esters is 2. The summed E-state index contributed by atoms with van der Waals surface area (Å²) in [6.07, 6.45) is 1.52. The number of aldehydes is 1. The van der Waals surface area contributed by atoms with Crippen molar-refractivity contribution in [1.29, 1.82) is 0 Å². The van der Waals surface area contributed by atoms with Crippen LogP contribution >= 0.6 is 0 Å². The van der Waals surface area contributed by atoms with Gasteiger partial charge in [-0.3, -0.25) is 9.59 Å². The van der Waals surface area contributed by atoms with E-state index in [4.69, 9.17) is 13.9 Å². The van der Waals surface area contributed by atoms with Crippen molar-refractivity contribution < 1.29 is 28.3 Å². The molecule has 0 N–H and O–H groups in total. The SMILES string of the molecule is CC(C)[Si](O[C@H](C=O)CCCC(COC(=O)C(C)(C)C)OC(=O)C(C)(C)C)(C(C)C)C(C)C. The van der Waals surface area contributed by atoms with Gasteiger partial charge in [0.25, 0.3) is 0 Å². The zero-order valence-electron chi connectivity index (χ0n) is 23.2. The van der Waals surface area contributed by atoms with Crippen molar-refractivity contribution in [2.75, 3.05) is 6.61 Å². The molecule has 33 heavy (non-hydrogen) atoms. The molecule has 0 aliphatic carbocycles. The first-order valence-corrected chi connectivity index (χ1v) is 14.5. The number of rotatable bonds is 13. The maximum Gasteiger partial charge on any atom is 0.311 e. The maximum atomic E-state index is 12.4. The van der Waals surface area contributed by atoms with Crippen LogP contribution in [0.1, 0.15) is 102 Å². The van der Waals surface area contributed by atoms with Gasteiger partial charge in [0.2, 0.25) is 8.32 Å². The molecule has 0 aromatic carbocycles. The van der Waals surface area contributed by atoms with Gasteiger partial charge in [-0.15, -0.1) is 0 Å². The Kier molecular flexibility index (Phi) is 12.6. The fourth-order valence-corrected chi connectivity index (χ4v) is 9.78. The van der Waals surface area contributed by atoms with Crippen molar-refractivity contribution in [3.8, 4) is 0 Å². The summed E-state index contributed by atoms with van der Waals surface area (Å²) in [5.41, 5.74) is -0.127. The summed E-state index contributed by atoms with van der Waals surface area (Å²) in [5.74, 6) is -0.677. The Hall–Kier alpha value is -1.21. The molecule has 0 aromatic heterocycles. The highest BCUT2D eigenvalue weighted by molar-refractivity contribution is 6.77. The van der Waals surface area contributed by atoms with Crippen LogP contribution in [0, 0.1) is 10.8 Å². The fourth-order valence-electron chi connectivity index (χ4n) is 4.26. The minimum Gasteiger partial charge on any atom is -0.461 e. The van der Waals surface area contributed by atoms with E-state index >= 15 is 0 Å². The van der Waals surface area contributed by atoms with E-state index in [1.165, 1.54) is 0 Å². The molecule has 0 radical (unpaired) electrons. The first-order chi connectivity index (χ1) is 14.9. The van der Waals surface area contributed by atoms with E-state index in [1.807, 2.05) is 0 Å². The van der Waals surface area contributed by atoms with Crippen LogP contribution in [0.5, 0.6) is 0 Å². The van der Waals surface area contributed by atoms with Gasteiger partial charge >= 0.3 is 11.9 Å². The van der Waals surface area contributed by atoms with Crippen molar-refractivity contribution >= 4 is 26.5 Å². The van der Waals surface area contributed by atoms with E-state index < -0.39 is 31.4 Å². The molecule has 194 valence electrons. The second-order valence-corrected chi connectivity index (χ2v) is 17.6. The molecule has 7 heteroatoms. The van der Waals surface area contributed by atoms with Crippen LogP contribution in [0.4, 0.5) is 0 Å². The summed E-state index contributed by atoms with van der Waals surface area (Å²) in [4.78, 5) is 36.6. The molecule has 0 saturated heterocycles. The Labute approximate surface area is 203 Å². The molecule has 2 atom stereocenters. The minimum atomic E-state index is -2.18. The minimum absolute atomic E-state index is 0.00715. The Balaban J connectivity index is 5.29. The predicted octanol–water partition coefficient (Wildman–Crippen LogP) is 6.46. The maximum absolute atomic E-state index is 12.4. The molecule has 0 aromatic rings. The highest BCUT2D eigenvalue weighted by Gasteiger charge is 2.46. The van der Waals surface area contributed by atoms with E-state index in [2.05, 4.69) is 41.5 Å². The van der Waals surface area contributed by atoms with Gasteiger partial charge in [-0.1, -0.05) is 41.5 Å². The molecule has 0 fully saturated rings. The predicted molar refractivity (Wildman–Crippen MR) is 136 cm³/mol. The lowest BCUT2D eigenvalue weighted by Gasteiger charge is -2.43. The third-order valence-electron chi connectivity index (χ3n) is 6.13. The number of hydrogen-bond acceptors (Lipinski definition) is 6. The van der Waals surface area contributed by atoms with Crippen LogP contribution in [0.2, 0.25) is 16.6 Å². The van der Waals surface area contributed by atoms with E-state index in [0.29, 0.717) is 35.9 Å². The smallest absolute Gasteiger partial charge is 0.311 e. The van der Waals surface area contributed by atoms with Crippen LogP contribution in [-0.2, 0) is 28.3 Å². The molecule has 6 nitrogen and oxygen atoms in total.